The van der Waals surface area contributed by atoms with Crippen molar-refractivity contribution in [1.82, 2.24) is 0 Å². The van der Waals surface area contributed by atoms with E-state index in [-0.39, 0.29) is 6.42 Å². The maximum absolute atomic E-state index is 11.9. The number of ether oxygens (including phenoxy) is 1. The predicted octanol–water partition coefficient (Wildman–Crippen LogP) is 1.94. The van der Waals surface area contributed by atoms with E-state index in [4.69, 9.17) is 0 Å². The lowest BCUT2D eigenvalue weighted by molar-refractivity contribution is -0.152. The maximum atomic E-state index is 11.9. The Hall–Kier alpha value is -1.49. The van der Waals surface area contributed by atoms with E-state index in [1.807, 2.05) is 0 Å². The van der Waals surface area contributed by atoms with Gasteiger partial charge in [0.1, 0.15) is 0 Å². The van der Waals surface area contributed by atoms with Gasteiger partial charge in [-0.15, -0.1) is 0 Å². The Morgan fingerprint density at radius 1 is 1.22 bits per heavy atom. The summed E-state index contributed by atoms with van der Waals surface area (Å²) in [5, 5.41) is 0. The minimum atomic E-state index is -1.32. The molecule has 1 rings (SSSR count). The molecule has 0 bridgehead atoms. The summed E-state index contributed by atoms with van der Waals surface area (Å²) in [5.41, 5.74) is 0.748. The van der Waals surface area contributed by atoms with Crippen molar-refractivity contribution in [1.29, 1.82) is 0 Å². The lowest BCUT2D eigenvalue weighted by Gasteiger charge is -2.10. The fraction of sp³-hybridized carbons (Fsp3) is 0.308. The number of hydrogen-bond donors (Lipinski definition) is 0. The molecule has 0 aliphatic heterocycles. The molecule has 1 atom stereocenters. The SMILES string of the molecule is COC(=O)C(C(C)=O)C(=O)Cc1ccc(Br)cc1. The molecule has 0 heterocycles. The van der Waals surface area contributed by atoms with Gasteiger partial charge in [0.2, 0.25) is 0 Å². The number of halogens is 1. The van der Waals surface area contributed by atoms with E-state index < -0.39 is 23.5 Å². The van der Waals surface area contributed by atoms with Crippen molar-refractivity contribution < 1.29 is 19.1 Å². The number of carbonyl (C=O) groups excluding carboxylic acids is 3. The molecule has 1 aromatic rings. The van der Waals surface area contributed by atoms with Crippen molar-refractivity contribution in [3.8, 4) is 0 Å². The fourth-order valence-corrected chi connectivity index (χ4v) is 1.81. The standard InChI is InChI=1S/C13H13BrO4/c1-8(15)12(13(17)18-2)11(16)7-9-3-5-10(14)6-4-9/h3-6,12H,7H2,1-2H3. The molecule has 1 aromatic carbocycles. The highest BCUT2D eigenvalue weighted by atomic mass is 79.9. The molecule has 0 spiro atoms. The first-order valence-corrected chi connectivity index (χ1v) is 6.10. The molecule has 0 saturated carbocycles. The molecule has 0 N–H and O–H groups in total. The molecule has 0 saturated heterocycles. The van der Waals surface area contributed by atoms with E-state index in [0.29, 0.717) is 0 Å². The van der Waals surface area contributed by atoms with Crippen molar-refractivity contribution in [2.45, 2.75) is 13.3 Å². The zero-order valence-electron chi connectivity index (χ0n) is 10.1. The second-order valence-corrected chi connectivity index (χ2v) is 4.75. The number of methoxy groups -OCH3 is 1. The van der Waals surface area contributed by atoms with E-state index in [1.54, 1.807) is 24.3 Å². The third kappa shape index (κ3) is 3.77. The van der Waals surface area contributed by atoms with Crippen LogP contribution in [-0.2, 0) is 25.5 Å². The fourth-order valence-electron chi connectivity index (χ4n) is 1.55. The summed E-state index contributed by atoms with van der Waals surface area (Å²) in [6, 6.07) is 7.11. The highest BCUT2D eigenvalue weighted by Gasteiger charge is 2.31. The molecule has 4 nitrogen and oxygen atoms in total. The van der Waals surface area contributed by atoms with Crippen LogP contribution in [0.25, 0.3) is 0 Å². The van der Waals surface area contributed by atoms with E-state index >= 15 is 0 Å². The summed E-state index contributed by atoms with van der Waals surface area (Å²) in [4.78, 5) is 34.6. The van der Waals surface area contributed by atoms with Crippen molar-refractivity contribution in [2.75, 3.05) is 7.11 Å². The van der Waals surface area contributed by atoms with E-state index in [2.05, 4.69) is 20.7 Å². The van der Waals surface area contributed by atoms with Crippen LogP contribution in [0.4, 0.5) is 0 Å². The Morgan fingerprint density at radius 3 is 2.22 bits per heavy atom. The van der Waals surface area contributed by atoms with Crippen LogP contribution in [0.15, 0.2) is 28.7 Å². The normalized spacial score (nSPS) is 11.7. The Morgan fingerprint density at radius 2 is 1.78 bits per heavy atom. The Balaban J connectivity index is 2.82. The quantitative estimate of drug-likeness (QED) is 0.616. The first-order valence-electron chi connectivity index (χ1n) is 5.31. The van der Waals surface area contributed by atoms with Gasteiger partial charge in [0.25, 0.3) is 0 Å². The average molecular weight is 313 g/mol. The summed E-state index contributed by atoms with van der Waals surface area (Å²) in [5.74, 6) is -3.07. The Labute approximate surface area is 113 Å². The lowest BCUT2D eigenvalue weighted by Crippen LogP contribution is -2.32. The summed E-state index contributed by atoms with van der Waals surface area (Å²) < 4.78 is 5.36. The van der Waals surface area contributed by atoms with Gasteiger partial charge in [0, 0.05) is 10.9 Å². The number of hydrogen-bond acceptors (Lipinski definition) is 4. The highest BCUT2D eigenvalue weighted by molar-refractivity contribution is 9.10. The molecule has 0 aromatic heterocycles. The maximum Gasteiger partial charge on any atom is 0.323 e. The zero-order valence-corrected chi connectivity index (χ0v) is 11.7. The molecule has 0 aliphatic carbocycles. The molecular formula is C13H13BrO4. The predicted molar refractivity (Wildman–Crippen MR) is 69.0 cm³/mol. The molecule has 0 amide bonds. The monoisotopic (exact) mass is 312 g/mol. The molecule has 1 unspecified atom stereocenters. The molecule has 96 valence electrons. The summed E-state index contributed by atoms with van der Waals surface area (Å²) >= 11 is 3.29. The smallest absolute Gasteiger partial charge is 0.323 e. The highest BCUT2D eigenvalue weighted by Crippen LogP contribution is 2.13. The minimum Gasteiger partial charge on any atom is -0.468 e. The van der Waals surface area contributed by atoms with Gasteiger partial charge in [-0.1, -0.05) is 28.1 Å². The number of esters is 1. The first-order chi connectivity index (χ1) is 8.45. The number of carbonyl (C=O) groups is 3. The van der Waals surface area contributed by atoms with E-state index in [0.717, 1.165) is 17.1 Å². The summed E-state index contributed by atoms with van der Waals surface area (Å²) in [6.07, 6.45) is 0.0344. The first kappa shape index (κ1) is 14.6. The van der Waals surface area contributed by atoms with E-state index in [9.17, 15) is 14.4 Å². The van der Waals surface area contributed by atoms with Gasteiger partial charge in [-0.2, -0.15) is 0 Å². The van der Waals surface area contributed by atoms with Crippen LogP contribution in [-0.4, -0.2) is 24.6 Å². The van der Waals surface area contributed by atoms with Gasteiger partial charge in [-0.3, -0.25) is 14.4 Å². The van der Waals surface area contributed by atoms with Crippen LogP contribution < -0.4 is 0 Å². The van der Waals surface area contributed by atoms with Crippen LogP contribution in [0.1, 0.15) is 12.5 Å². The Kier molecular flexibility index (Phi) is 5.22. The summed E-state index contributed by atoms with van der Waals surface area (Å²) in [6.45, 7) is 1.21. The third-order valence-electron chi connectivity index (χ3n) is 2.46. The number of Topliss-reactive ketones (excluding diaryl/α,β-unsaturated/α-hetero) is 2. The van der Waals surface area contributed by atoms with Crippen LogP contribution in [0.3, 0.4) is 0 Å². The number of rotatable bonds is 5. The van der Waals surface area contributed by atoms with Crippen molar-refractivity contribution >= 4 is 33.5 Å². The molecule has 5 heteroatoms. The zero-order chi connectivity index (χ0) is 13.7. The molecule has 0 radical (unpaired) electrons. The molecular weight excluding hydrogens is 300 g/mol. The third-order valence-corrected chi connectivity index (χ3v) is 2.99. The Bertz CT molecular complexity index is 464. The van der Waals surface area contributed by atoms with Crippen LogP contribution in [0.5, 0.6) is 0 Å². The van der Waals surface area contributed by atoms with Gasteiger partial charge in [-0.25, -0.2) is 0 Å². The van der Waals surface area contributed by atoms with Gasteiger partial charge >= 0.3 is 5.97 Å². The van der Waals surface area contributed by atoms with Gasteiger partial charge in [0.05, 0.1) is 7.11 Å². The molecule has 0 fully saturated rings. The second-order valence-electron chi connectivity index (χ2n) is 3.84. The molecule has 0 aliphatic rings. The summed E-state index contributed by atoms with van der Waals surface area (Å²) in [7, 11) is 1.16. The average Bonchev–Trinajstić information content (AvgIpc) is 2.31. The minimum absolute atomic E-state index is 0.0344. The topological polar surface area (TPSA) is 60.4 Å². The number of benzene rings is 1. The van der Waals surface area contributed by atoms with Gasteiger partial charge in [-0.05, 0) is 24.6 Å². The van der Waals surface area contributed by atoms with E-state index in [1.165, 1.54) is 6.92 Å². The van der Waals surface area contributed by atoms with Gasteiger partial charge in [0.15, 0.2) is 17.5 Å². The van der Waals surface area contributed by atoms with Gasteiger partial charge < -0.3 is 4.74 Å². The van der Waals surface area contributed by atoms with Crippen LogP contribution >= 0.6 is 15.9 Å². The second kappa shape index (κ2) is 6.44. The molecule has 18 heavy (non-hydrogen) atoms. The lowest BCUT2D eigenvalue weighted by atomic mass is 9.95. The van der Waals surface area contributed by atoms with Crippen LogP contribution in [0, 0.1) is 5.92 Å². The van der Waals surface area contributed by atoms with Crippen LogP contribution in [0.2, 0.25) is 0 Å². The largest absolute Gasteiger partial charge is 0.468 e. The number of ketones is 2. The van der Waals surface area contributed by atoms with Crippen molar-refractivity contribution in [3.63, 3.8) is 0 Å². The van der Waals surface area contributed by atoms with Crippen molar-refractivity contribution in [2.24, 2.45) is 5.92 Å². The van der Waals surface area contributed by atoms with Crippen molar-refractivity contribution in [3.05, 3.63) is 34.3 Å².